The molecule has 0 aromatic heterocycles. The Hall–Kier alpha value is -0.930. The summed E-state index contributed by atoms with van der Waals surface area (Å²) in [4.78, 5) is 12.0. The first kappa shape index (κ1) is 13.5. The molecule has 5 atom stereocenters. The highest BCUT2D eigenvalue weighted by Gasteiger charge is 2.59. The maximum absolute atomic E-state index is 12.0. The molecule has 18 heavy (non-hydrogen) atoms. The minimum Gasteiger partial charge on any atom is -0.386 e. The predicted molar refractivity (Wildman–Crippen MR) is 69.9 cm³/mol. The summed E-state index contributed by atoms with van der Waals surface area (Å²) in [6.45, 7) is 9.67. The number of carbonyl (C=O) groups excluding carboxylic acids is 1. The normalized spacial score (nSPS) is 40.8. The van der Waals surface area contributed by atoms with Crippen molar-refractivity contribution >= 4 is 5.78 Å². The largest absolute Gasteiger partial charge is 0.386 e. The topological polar surface area (TPSA) is 57.5 Å². The molecule has 3 aliphatic rings. The zero-order chi connectivity index (χ0) is 13.7. The highest BCUT2D eigenvalue weighted by Crippen LogP contribution is 2.52. The van der Waals surface area contributed by atoms with Crippen molar-refractivity contribution in [3.63, 3.8) is 0 Å². The van der Waals surface area contributed by atoms with Crippen molar-refractivity contribution in [1.82, 2.24) is 0 Å². The summed E-state index contributed by atoms with van der Waals surface area (Å²) >= 11 is 0. The molecule has 100 valence electrons. The number of carbonyl (C=O) groups is 1. The van der Waals surface area contributed by atoms with E-state index in [2.05, 4.69) is 6.58 Å². The van der Waals surface area contributed by atoms with Crippen molar-refractivity contribution in [2.24, 2.45) is 17.8 Å². The van der Waals surface area contributed by atoms with Crippen LogP contribution < -0.4 is 0 Å². The molecule has 0 saturated heterocycles. The van der Waals surface area contributed by atoms with Gasteiger partial charge in [-0.2, -0.15) is 0 Å². The first-order chi connectivity index (χ1) is 8.28. The first-order valence-corrected chi connectivity index (χ1v) is 6.54. The second kappa shape index (κ2) is 4.32. The van der Waals surface area contributed by atoms with Gasteiger partial charge in [-0.3, -0.25) is 4.79 Å². The van der Waals surface area contributed by atoms with E-state index in [0.29, 0.717) is 12.8 Å². The molecule has 0 unspecified atom stereocenters. The van der Waals surface area contributed by atoms with E-state index in [9.17, 15) is 15.0 Å². The number of fused-ring (bicyclic) bond motifs is 3. The van der Waals surface area contributed by atoms with E-state index in [-0.39, 0.29) is 17.6 Å². The second-order valence-electron chi connectivity index (χ2n) is 6.06. The van der Waals surface area contributed by atoms with Gasteiger partial charge >= 0.3 is 0 Å². The molecule has 3 heteroatoms. The molecule has 0 spiro atoms. The molecule has 0 aromatic rings. The van der Waals surface area contributed by atoms with E-state index in [4.69, 9.17) is 0 Å². The number of aliphatic hydroxyl groups is 2. The molecule has 0 radical (unpaired) electrons. The van der Waals surface area contributed by atoms with E-state index in [1.807, 2.05) is 20.8 Å². The lowest BCUT2D eigenvalue weighted by Crippen LogP contribution is -2.64. The summed E-state index contributed by atoms with van der Waals surface area (Å²) in [5.41, 5.74) is 0.648. The maximum atomic E-state index is 12.0. The molecular weight excluding hydrogens is 228 g/mol. The fourth-order valence-corrected chi connectivity index (χ4v) is 3.55. The lowest BCUT2D eigenvalue weighted by atomic mass is 9.53. The summed E-state index contributed by atoms with van der Waals surface area (Å²) < 4.78 is 0. The van der Waals surface area contributed by atoms with Crippen LogP contribution in [-0.4, -0.2) is 27.7 Å². The van der Waals surface area contributed by atoms with Gasteiger partial charge < -0.3 is 10.2 Å². The summed E-state index contributed by atoms with van der Waals surface area (Å²) in [6, 6.07) is 0. The number of rotatable bonds is 2. The van der Waals surface area contributed by atoms with Crippen LogP contribution in [0.5, 0.6) is 0 Å². The molecular formula is C15H22O3. The van der Waals surface area contributed by atoms with Crippen LogP contribution in [0.4, 0.5) is 0 Å². The zero-order valence-corrected chi connectivity index (χ0v) is 11.3. The van der Waals surface area contributed by atoms with Crippen molar-refractivity contribution in [2.75, 3.05) is 0 Å². The zero-order valence-electron chi connectivity index (χ0n) is 11.3. The standard InChI is InChI=1S/C15H22O3/c1-8(2)5-14(17)15(18)10(4)11-7-13(16)12(15)6-9(11)3/h5,10-12,14,17-18H,3,6-7H2,1-2,4H3/t10-,11-,12-,14-,15+/m1/s1. The minimum atomic E-state index is -1.33. The second-order valence-corrected chi connectivity index (χ2v) is 6.06. The van der Waals surface area contributed by atoms with Crippen LogP contribution in [0.1, 0.15) is 33.6 Å². The molecule has 0 amide bonds. The third-order valence-electron chi connectivity index (χ3n) is 4.66. The lowest BCUT2D eigenvalue weighted by Gasteiger charge is -2.54. The van der Waals surface area contributed by atoms with E-state index in [0.717, 1.165) is 11.1 Å². The average molecular weight is 250 g/mol. The number of aliphatic hydroxyl groups excluding tert-OH is 1. The summed E-state index contributed by atoms with van der Waals surface area (Å²) in [5, 5.41) is 21.2. The van der Waals surface area contributed by atoms with Crippen LogP contribution in [0.2, 0.25) is 0 Å². The lowest BCUT2D eigenvalue weighted by molar-refractivity contribution is -0.181. The van der Waals surface area contributed by atoms with Crippen LogP contribution in [0, 0.1) is 17.8 Å². The van der Waals surface area contributed by atoms with Gasteiger partial charge in [-0.05, 0) is 32.1 Å². The molecule has 3 saturated carbocycles. The van der Waals surface area contributed by atoms with Crippen LogP contribution in [0.15, 0.2) is 23.8 Å². The Morgan fingerprint density at radius 3 is 2.67 bits per heavy atom. The van der Waals surface area contributed by atoms with Gasteiger partial charge in [-0.1, -0.05) is 30.7 Å². The predicted octanol–water partition coefficient (Wildman–Crippen LogP) is 1.85. The summed E-state index contributed by atoms with van der Waals surface area (Å²) in [5.74, 6) is -0.565. The van der Waals surface area contributed by atoms with Crippen molar-refractivity contribution < 1.29 is 15.0 Å². The Balaban J connectivity index is 2.40. The average Bonchev–Trinajstić information content (AvgIpc) is 2.26. The Morgan fingerprint density at radius 2 is 2.11 bits per heavy atom. The molecule has 3 fully saturated rings. The van der Waals surface area contributed by atoms with Crippen molar-refractivity contribution in [3.05, 3.63) is 23.8 Å². The van der Waals surface area contributed by atoms with Crippen LogP contribution in [0.25, 0.3) is 0 Å². The molecule has 3 nitrogen and oxygen atoms in total. The maximum Gasteiger partial charge on any atom is 0.139 e. The van der Waals surface area contributed by atoms with Gasteiger partial charge in [0.1, 0.15) is 17.5 Å². The monoisotopic (exact) mass is 250 g/mol. The van der Waals surface area contributed by atoms with Gasteiger partial charge in [0.15, 0.2) is 0 Å². The summed E-state index contributed by atoms with van der Waals surface area (Å²) in [7, 11) is 0. The van der Waals surface area contributed by atoms with Crippen molar-refractivity contribution in [3.8, 4) is 0 Å². The highest BCUT2D eigenvalue weighted by atomic mass is 16.3. The number of Topliss-reactive ketones (excluding diaryl/α,β-unsaturated/α-hetero) is 1. The smallest absolute Gasteiger partial charge is 0.139 e. The molecule has 3 rings (SSSR count). The van der Waals surface area contributed by atoms with E-state index >= 15 is 0 Å². The molecule has 2 bridgehead atoms. The van der Waals surface area contributed by atoms with Gasteiger partial charge in [0.2, 0.25) is 0 Å². The molecule has 0 heterocycles. The highest BCUT2D eigenvalue weighted by molar-refractivity contribution is 5.86. The van der Waals surface area contributed by atoms with Gasteiger partial charge in [0.05, 0.1) is 5.92 Å². The molecule has 3 aliphatic carbocycles. The Kier molecular flexibility index (Phi) is 3.24. The van der Waals surface area contributed by atoms with Crippen molar-refractivity contribution in [2.45, 2.75) is 45.3 Å². The molecule has 2 N–H and O–H groups in total. The third-order valence-corrected chi connectivity index (χ3v) is 4.66. The number of hydrogen-bond donors (Lipinski definition) is 2. The van der Waals surface area contributed by atoms with E-state index in [1.54, 1.807) is 6.08 Å². The third kappa shape index (κ3) is 1.77. The molecule has 0 aliphatic heterocycles. The Labute approximate surface area is 108 Å². The number of hydrogen-bond acceptors (Lipinski definition) is 3. The fourth-order valence-electron chi connectivity index (χ4n) is 3.55. The van der Waals surface area contributed by atoms with E-state index in [1.165, 1.54) is 0 Å². The van der Waals surface area contributed by atoms with Gasteiger partial charge in [-0.15, -0.1) is 0 Å². The van der Waals surface area contributed by atoms with Crippen LogP contribution in [0.3, 0.4) is 0 Å². The number of allylic oxidation sites excluding steroid dienone is 2. The fraction of sp³-hybridized carbons (Fsp3) is 0.667. The quantitative estimate of drug-likeness (QED) is 0.735. The van der Waals surface area contributed by atoms with Crippen LogP contribution >= 0.6 is 0 Å². The van der Waals surface area contributed by atoms with Gasteiger partial charge in [0.25, 0.3) is 0 Å². The first-order valence-electron chi connectivity index (χ1n) is 6.54. The minimum absolute atomic E-state index is 0.00714. The van der Waals surface area contributed by atoms with E-state index < -0.39 is 17.6 Å². The Morgan fingerprint density at radius 1 is 1.50 bits per heavy atom. The van der Waals surface area contributed by atoms with Crippen molar-refractivity contribution in [1.29, 1.82) is 0 Å². The molecule has 0 aromatic carbocycles. The number of ketones is 1. The van der Waals surface area contributed by atoms with Crippen LogP contribution in [-0.2, 0) is 4.79 Å². The SMILES string of the molecule is C=C1C[C@@H]2C(=O)C[C@H]1[C@@H](C)[C@@]2(O)[C@H](O)C=C(C)C. The van der Waals surface area contributed by atoms with Gasteiger partial charge in [0, 0.05) is 6.42 Å². The summed E-state index contributed by atoms with van der Waals surface area (Å²) in [6.07, 6.45) is 1.64. The Bertz CT molecular complexity index is 419. The van der Waals surface area contributed by atoms with Gasteiger partial charge in [-0.25, -0.2) is 0 Å².